The summed E-state index contributed by atoms with van der Waals surface area (Å²) in [5.41, 5.74) is 0.342. The second-order valence-electron chi connectivity index (χ2n) is 6.96. The van der Waals surface area contributed by atoms with E-state index < -0.39 is 5.60 Å². The maximum atomic E-state index is 12.5. The van der Waals surface area contributed by atoms with Crippen molar-refractivity contribution >= 4 is 39.4 Å². The van der Waals surface area contributed by atoms with Gasteiger partial charge in [0.15, 0.2) is 5.82 Å². The standard InChI is InChI=1S/C19H19BrN4O3/c20-15-10-22-16(11-21-15)23-17(25)13-6-8-19(9-7-13)12-24(18(26)27-19)14-4-2-1-3-5-14/h1-5,10-11,13H,6-9,12H2,(H,22,23,25). The fraction of sp³-hybridized carbons (Fsp3) is 0.368. The largest absolute Gasteiger partial charge is 0.441 e. The first-order chi connectivity index (χ1) is 13.0. The van der Waals surface area contributed by atoms with Crippen LogP contribution in [0.1, 0.15) is 25.7 Å². The molecule has 7 nitrogen and oxygen atoms in total. The number of aromatic nitrogens is 2. The first-order valence-electron chi connectivity index (χ1n) is 8.89. The number of nitrogens with zero attached hydrogens (tertiary/aromatic N) is 3. The molecule has 8 heteroatoms. The van der Waals surface area contributed by atoms with Gasteiger partial charge in [0.2, 0.25) is 5.91 Å². The lowest BCUT2D eigenvalue weighted by Gasteiger charge is -2.34. The SMILES string of the molecule is O=C(Nc1cnc(Br)cn1)C1CCC2(CC1)CN(c1ccccc1)C(=O)O2. The molecule has 2 amide bonds. The van der Waals surface area contributed by atoms with Crippen molar-refractivity contribution in [1.82, 2.24) is 9.97 Å². The van der Waals surface area contributed by atoms with E-state index in [0.29, 0.717) is 42.6 Å². The number of hydrogen-bond acceptors (Lipinski definition) is 5. The second kappa shape index (κ2) is 7.26. The minimum absolute atomic E-state index is 0.0642. The number of rotatable bonds is 3. The number of carbonyl (C=O) groups excluding carboxylic acids is 2. The Morgan fingerprint density at radius 1 is 1.19 bits per heavy atom. The minimum atomic E-state index is -0.499. The third-order valence-corrected chi connectivity index (χ3v) is 5.59. The normalized spacial score (nSPS) is 24.7. The van der Waals surface area contributed by atoms with E-state index in [0.717, 1.165) is 5.69 Å². The number of carbonyl (C=O) groups is 2. The van der Waals surface area contributed by atoms with Crippen LogP contribution in [-0.4, -0.2) is 34.1 Å². The Kier molecular flexibility index (Phi) is 4.82. The van der Waals surface area contributed by atoms with Crippen LogP contribution in [0.2, 0.25) is 0 Å². The van der Waals surface area contributed by atoms with E-state index in [4.69, 9.17) is 4.74 Å². The summed E-state index contributed by atoms with van der Waals surface area (Å²) in [6.07, 6.45) is 5.44. The molecule has 1 aromatic heterocycles. The molecule has 1 saturated heterocycles. The summed E-state index contributed by atoms with van der Waals surface area (Å²) in [7, 11) is 0. The van der Waals surface area contributed by atoms with Crippen molar-refractivity contribution in [1.29, 1.82) is 0 Å². The van der Waals surface area contributed by atoms with Gasteiger partial charge in [-0.15, -0.1) is 0 Å². The number of nitrogens with one attached hydrogen (secondary N) is 1. The average molecular weight is 431 g/mol. The number of hydrogen-bond donors (Lipinski definition) is 1. The van der Waals surface area contributed by atoms with E-state index in [-0.39, 0.29) is 17.9 Å². The van der Waals surface area contributed by atoms with E-state index in [1.54, 1.807) is 11.1 Å². The first-order valence-corrected chi connectivity index (χ1v) is 9.68. The van der Waals surface area contributed by atoms with Crippen LogP contribution in [-0.2, 0) is 9.53 Å². The summed E-state index contributed by atoms with van der Waals surface area (Å²) in [6.45, 7) is 0.530. The van der Waals surface area contributed by atoms with Crippen molar-refractivity contribution in [2.75, 3.05) is 16.8 Å². The number of amides is 2. The van der Waals surface area contributed by atoms with Crippen molar-refractivity contribution < 1.29 is 14.3 Å². The highest BCUT2D eigenvalue weighted by Crippen LogP contribution is 2.41. The zero-order valence-corrected chi connectivity index (χ0v) is 16.2. The molecule has 1 saturated carbocycles. The third-order valence-electron chi connectivity index (χ3n) is 5.18. The topological polar surface area (TPSA) is 84.4 Å². The molecule has 1 spiro atoms. The van der Waals surface area contributed by atoms with Crippen molar-refractivity contribution in [3.05, 3.63) is 47.3 Å². The van der Waals surface area contributed by atoms with Crippen molar-refractivity contribution in [2.24, 2.45) is 5.92 Å². The lowest BCUT2D eigenvalue weighted by molar-refractivity contribution is -0.122. The summed E-state index contributed by atoms with van der Waals surface area (Å²) in [5, 5.41) is 2.81. The van der Waals surface area contributed by atoms with Gasteiger partial charge >= 0.3 is 6.09 Å². The van der Waals surface area contributed by atoms with Gasteiger partial charge in [0.05, 0.1) is 18.9 Å². The molecule has 1 N–H and O–H groups in total. The summed E-state index contributed by atoms with van der Waals surface area (Å²) in [6, 6.07) is 9.53. The van der Waals surface area contributed by atoms with E-state index in [1.165, 1.54) is 6.20 Å². The van der Waals surface area contributed by atoms with Gasteiger partial charge in [-0.05, 0) is 53.7 Å². The lowest BCUT2D eigenvalue weighted by atomic mass is 9.78. The fourth-order valence-corrected chi connectivity index (χ4v) is 3.91. The Bertz CT molecular complexity index is 836. The predicted molar refractivity (Wildman–Crippen MR) is 103 cm³/mol. The number of ether oxygens (including phenoxy) is 1. The van der Waals surface area contributed by atoms with Gasteiger partial charge in [-0.3, -0.25) is 9.69 Å². The maximum absolute atomic E-state index is 12.5. The van der Waals surface area contributed by atoms with Crippen LogP contribution in [0.3, 0.4) is 0 Å². The molecule has 2 heterocycles. The molecular weight excluding hydrogens is 412 g/mol. The average Bonchev–Trinajstić information content (AvgIpc) is 3.00. The quantitative estimate of drug-likeness (QED) is 0.800. The number of anilines is 2. The summed E-state index contributed by atoms with van der Waals surface area (Å²) in [5.74, 6) is 0.252. The van der Waals surface area contributed by atoms with Gasteiger partial charge in [0.1, 0.15) is 10.2 Å². The lowest BCUT2D eigenvalue weighted by Crippen LogP contribution is -2.41. The highest BCUT2D eigenvalue weighted by Gasteiger charge is 2.48. The highest BCUT2D eigenvalue weighted by molar-refractivity contribution is 9.10. The van der Waals surface area contributed by atoms with Crippen LogP contribution in [0.25, 0.3) is 0 Å². The van der Waals surface area contributed by atoms with Crippen LogP contribution in [0.4, 0.5) is 16.3 Å². The van der Waals surface area contributed by atoms with Crippen LogP contribution in [0, 0.1) is 5.92 Å². The molecule has 2 aromatic rings. The van der Waals surface area contributed by atoms with Gasteiger partial charge in [-0.25, -0.2) is 14.8 Å². The van der Waals surface area contributed by atoms with Gasteiger partial charge < -0.3 is 10.1 Å². The monoisotopic (exact) mass is 430 g/mol. The molecule has 1 aliphatic carbocycles. The van der Waals surface area contributed by atoms with E-state index in [1.807, 2.05) is 30.3 Å². The predicted octanol–water partition coefficient (Wildman–Crippen LogP) is 3.76. The fourth-order valence-electron chi connectivity index (χ4n) is 3.70. The summed E-state index contributed by atoms with van der Waals surface area (Å²) in [4.78, 5) is 34.7. The zero-order chi connectivity index (χ0) is 18.9. The van der Waals surface area contributed by atoms with Gasteiger partial charge in [-0.1, -0.05) is 18.2 Å². The summed E-state index contributed by atoms with van der Waals surface area (Å²) < 4.78 is 6.36. The van der Waals surface area contributed by atoms with Gasteiger partial charge in [-0.2, -0.15) is 0 Å². The molecule has 2 fully saturated rings. The molecule has 140 valence electrons. The maximum Gasteiger partial charge on any atom is 0.415 e. The van der Waals surface area contributed by atoms with Gasteiger partial charge in [0, 0.05) is 11.6 Å². The van der Waals surface area contributed by atoms with E-state index in [9.17, 15) is 9.59 Å². The Morgan fingerprint density at radius 2 is 1.93 bits per heavy atom. The van der Waals surface area contributed by atoms with Crippen LogP contribution in [0.5, 0.6) is 0 Å². The van der Waals surface area contributed by atoms with Crippen molar-refractivity contribution in [3.8, 4) is 0 Å². The molecule has 4 rings (SSSR count). The molecular formula is C19H19BrN4O3. The van der Waals surface area contributed by atoms with Crippen LogP contribution in [0.15, 0.2) is 47.3 Å². The molecule has 2 aliphatic rings. The van der Waals surface area contributed by atoms with Crippen LogP contribution >= 0.6 is 15.9 Å². The summed E-state index contributed by atoms with van der Waals surface area (Å²) >= 11 is 3.22. The smallest absolute Gasteiger partial charge is 0.415 e. The first kappa shape index (κ1) is 17.9. The van der Waals surface area contributed by atoms with Crippen molar-refractivity contribution in [3.63, 3.8) is 0 Å². The van der Waals surface area contributed by atoms with E-state index in [2.05, 4.69) is 31.2 Å². The minimum Gasteiger partial charge on any atom is -0.441 e. The molecule has 0 radical (unpaired) electrons. The zero-order valence-electron chi connectivity index (χ0n) is 14.6. The van der Waals surface area contributed by atoms with Crippen LogP contribution < -0.4 is 10.2 Å². The van der Waals surface area contributed by atoms with Crippen molar-refractivity contribution in [2.45, 2.75) is 31.3 Å². The molecule has 1 aliphatic heterocycles. The second-order valence-corrected chi connectivity index (χ2v) is 7.77. The Balaban J connectivity index is 1.36. The molecule has 1 aromatic carbocycles. The third kappa shape index (κ3) is 3.80. The Labute approximate surface area is 165 Å². The molecule has 0 bridgehead atoms. The van der Waals surface area contributed by atoms with Gasteiger partial charge in [0.25, 0.3) is 0 Å². The Hall–Kier alpha value is -2.48. The van der Waals surface area contributed by atoms with E-state index >= 15 is 0 Å². The highest BCUT2D eigenvalue weighted by atomic mass is 79.9. The number of benzene rings is 1. The number of halogens is 1. The molecule has 0 unspecified atom stereocenters. The molecule has 0 atom stereocenters. The molecule has 27 heavy (non-hydrogen) atoms. The number of para-hydroxylation sites is 1. The Morgan fingerprint density at radius 3 is 2.59 bits per heavy atom.